The van der Waals surface area contributed by atoms with Crippen molar-refractivity contribution in [2.75, 3.05) is 10.6 Å². The fraction of sp³-hybridized carbons (Fsp3) is 0.167. The number of nitrogens with zero attached hydrogens (tertiary/aromatic N) is 1. The lowest BCUT2D eigenvalue weighted by molar-refractivity contribution is -0.111. The van der Waals surface area contributed by atoms with Crippen LogP contribution in [-0.4, -0.2) is 23.0 Å². The van der Waals surface area contributed by atoms with E-state index in [1.807, 2.05) is 19.9 Å². The highest BCUT2D eigenvalue weighted by Gasteiger charge is 2.08. The highest BCUT2D eigenvalue weighted by molar-refractivity contribution is 6.05. The standard InChI is InChI=1S/C18H20N4O2/c1-13(2)20-18(24)22-16-8-4-3-7-15(16)21-17(23)10-9-14-6-5-11-19-12-14/h3-13H,1-2H3,(H,21,23)(H2,20,22,24). The fourth-order valence-electron chi connectivity index (χ4n) is 1.94. The SMILES string of the molecule is CC(C)NC(=O)Nc1ccccc1NC(=O)C=Cc1cccnc1. The molecule has 1 heterocycles. The molecule has 1 aromatic carbocycles. The first-order valence-electron chi connectivity index (χ1n) is 7.60. The minimum absolute atomic E-state index is 0.0224. The summed E-state index contributed by atoms with van der Waals surface area (Å²) >= 11 is 0. The van der Waals surface area contributed by atoms with Gasteiger partial charge in [-0.25, -0.2) is 4.79 Å². The van der Waals surface area contributed by atoms with Crippen LogP contribution < -0.4 is 16.0 Å². The molecule has 2 rings (SSSR count). The predicted molar refractivity (Wildman–Crippen MR) is 95.6 cm³/mol. The van der Waals surface area contributed by atoms with Crippen LogP contribution in [-0.2, 0) is 4.79 Å². The Kier molecular flexibility index (Phi) is 6.08. The Balaban J connectivity index is 2.03. The molecule has 0 saturated carbocycles. The topological polar surface area (TPSA) is 83.1 Å². The first-order chi connectivity index (χ1) is 11.5. The van der Waals surface area contributed by atoms with Crippen molar-refractivity contribution in [2.24, 2.45) is 0 Å². The number of urea groups is 1. The maximum atomic E-state index is 12.1. The molecule has 0 atom stereocenters. The molecule has 24 heavy (non-hydrogen) atoms. The summed E-state index contributed by atoms with van der Waals surface area (Å²) in [5.74, 6) is -0.294. The smallest absolute Gasteiger partial charge is 0.319 e. The molecule has 6 heteroatoms. The molecule has 1 aromatic heterocycles. The second-order valence-electron chi connectivity index (χ2n) is 5.41. The number of pyridine rings is 1. The zero-order chi connectivity index (χ0) is 17.4. The number of amides is 3. The highest BCUT2D eigenvalue weighted by Crippen LogP contribution is 2.21. The number of para-hydroxylation sites is 2. The second-order valence-corrected chi connectivity index (χ2v) is 5.41. The van der Waals surface area contributed by atoms with E-state index >= 15 is 0 Å². The van der Waals surface area contributed by atoms with Crippen molar-refractivity contribution >= 4 is 29.4 Å². The summed E-state index contributed by atoms with van der Waals surface area (Å²) in [5.41, 5.74) is 1.88. The van der Waals surface area contributed by atoms with Gasteiger partial charge in [0.1, 0.15) is 0 Å². The van der Waals surface area contributed by atoms with Crippen LogP contribution in [0.1, 0.15) is 19.4 Å². The second kappa shape index (κ2) is 8.47. The summed E-state index contributed by atoms with van der Waals surface area (Å²) in [6.07, 6.45) is 6.42. The summed E-state index contributed by atoms with van der Waals surface area (Å²) in [6.45, 7) is 3.74. The van der Waals surface area contributed by atoms with E-state index in [1.165, 1.54) is 6.08 Å². The molecule has 0 saturated heterocycles. The normalized spacial score (nSPS) is 10.6. The van der Waals surface area contributed by atoms with Gasteiger partial charge in [0.2, 0.25) is 5.91 Å². The number of hydrogen-bond donors (Lipinski definition) is 3. The number of rotatable bonds is 5. The average Bonchev–Trinajstić information content (AvgIpc) is 2.55. The van der Waals surface area contributed by atoms with Crippen molar-refractivity contribution < 1.29 is 9.59 Å². The van der Waals surface area contributed by atoms with Crippen LogP contribution in [0, 0.1) is 0 Å². The quantitative estimate of drug-likeness (QED) is 0.738. The van der Waals surface area contributed by atoms with Crippen molar-refractivity contribution in [3.8, 4) is 0 Å². The van der Waals surface area contributed by atoms with Crippen molar-refractivity contribution in [2.45, 2.75) is 19.9 Å². The number of hydrogen-bond acceptors (Lipinski definition) is 3. The number of carbonyl (C=O) groups is 2. The van der Waals surface area contributed by atoms with Gasteiger partial charge in [-0.05, 0) is 43.7 Å². The van der Waals surface area contributed by atoms with Crippen molar-refractivity contribution in [1.82, 2.24) is 10.3 Å². The van der Waals surface area contributed by atoms with E-state index in [2.05, 4.69) is 20.9 Å². The van der Waals surface area contributed by atoms with Crippen molar-refractivity contribution in [3.63, 3.8) is 0 Å². The van der Waals surface area contributed by atoms with Gasteiger partial charge in [0.15, 0.2) is 0 Å². The van der Waals surface area contributed by atoms with Gasteiger partial charge in [0, 0.05) is 24.5 Å². The van der Waals surface area contributed by atoms with Gasteiger partial charge in [-0.1, -0.05) is 18.2 Å². The van der Waals surface area contributed by atoms with Crippen LogP contribution in [0.2, 0.25) is 0 Å². The molecule has 0 spiro atoms. The first kappa shape index (κ1) is 17.2. The summed E-state index contributed by atoms with van der Waals surface area (Å²) in [7, 11) is 0. The molecule has 0 fully saturated rings. The molecule has 0 aliphatic rings. The van der Waals surface area contributed by atoms with Crippen LogP contribution in [0.25, 0.3) is 6.08 Å². The third kappa shape index (κ3) is 5.57. The summed E-state index contributed by atoms with van der Waals surface area (Å²) in [6, 6.07) is 10.4. The maximum Gasteiger partial charge on any atom is 0.319 e. The van der Waals surface area contributed by atoms with E-state index in [-0.39, 0.29) is 18.0 Å². The summed E-state index contributed by atoms with van der Waals surface area (Å²) < 4.78 is 0. The van der Waals surface area contributed by atoms with E-state index in [0.29, 0.717) is 11.4 Å². The monoisotopic (exact) mass is 324 g/mol. The van der Waals surface area contributed by atoms with Crippen molar-refractivity contribution in [3.05, 3.63) is 60.4 Å². The Morgan fingerprint density at radius 3 is 2.38 bits per heavy atom. The molecule has 124 valence electrons. The lowest BCUT2D eigenvalue weighted by Crippen LogP contribution is -2.34. The van der Waals surface area contributed by atoms with Gasteiger partial charge in [0.05, 0.1) is 11.4 Å². The lowest BCUT2D eigenvalue weighted by Gasteiger charge is -2.13. The Hall–Kier alpha value is -3.15. The van der Waals surface area contributed by atoms with E-state index in [4.69, 9.17) is 0 Å². The maximum absolute atomic E-state index is 12.1. The molecular weight excluding hydrogens is 304 g/mol. The van der Waals surface area contributed by atoms with Gasteiger partial charge in [-0.2, -0.15) is 0 Å². The van der Waals surface area contributed by atoms with Crippen LogP contribution in [0.4, 0.5) is 16.2 Å². The van der Waals surface area contributed by atoms with Crippen LogP contribution in [0.15, 0.2) is 54.9 Å². The van der Waals surface area contributed by atoms with E-state index in [9.17, 15) is 9.59 Å². The fourth-order valence-corrected chi connectivity index (χ4v) is 1.94. The molecule has 0 aliphatic carbocycles. The molecule has 6 nitrogen and oxygen atoms in total. The minimum atomic E-state index is -0.322. The van der Waals surface area contributed by atoms with E-state index in [0.717, 1.165) is 5.56 Å². The molecule has 2 aromatic rings. The number of nitrogens with one attached hydrogen (secondary N) is 3. The minimum Gasteiger partial charge on any atom is -0.336 e. The number of anilines is 2. The van der Waals surface area contributed by atoms with Gasteiger partial charge in [-0.15, -0.1) is 0 Å². The number of carbonyl (C=O) groups excluding carboxylic acids is 2. The average molecular weight is 324 g/mol. The molecule has 3 amide bonds. The van der Waals surface area contributed by atoms with Gasteiger partial charge in [0.25, 0.3) is 0 Å². The summed E-state index contributed by atoms with van der Waals surface area (Å²) in [5, 5.41) is 8.21. The van der Waals surface area contributed by atoms with E-state index < -0.39 is 0 Å². The lowest BCUT2D eigenvalue weighted by atomic mass is 10.2. The first-order valence-corrected chi connectivity index (χ1v) is 7.60. The molecule has 0 radical (unpaired) electrons. The summed E-state index contributed by atoms with van der Waals surface area (Å²) in [4.78, 5) is 27.9. The molecule has 0 aliphatic heterocycles. The zero-order valence-corrected chi connectivity index (χ0v) is 13.6. The molecule has 0 unspecified atom stereocenters. The van der Waals surface area contributed by atoms with Crippen LogP contribution in [0.3, 0.4) is 0 Å². The largest absolute Gasteiger partial charge is 0.336 e. The molecule has 0 bridgehead atoms. The van der Waals surface area contributed by atoms with Crippen LogP contribution in [0.5, 0.6) is 0 Å². The Labute approximate surface area is 141 Å². The highest BCUT2D eigenvalue weighted by atomic mass is 16.2. The van der Waals surface area contributed by atoms with Gasteiger partial charge >= 0.3 is 6.03 Å². The van der Waals surface area contributed by atoms with Crippen molar-refractivity contribution in [1.29, 1.82) is 0 Å². The molecule has 3 N–H and O–H groups in total. The number of benzene rings is 1. The van der Waals surface area contributed by atoms with Gasteiger partial charge in [-0.3, -0.25) is 9.78 Å². The Bertz CT molecular complexity index is 727. The third-order valence-corrected chi connectivity index (χ3v) is 2.96. The van der Waals surface area contributed by atoms with Crippen LogP contribution >= 0.6 is 0 Å². The number of aromatic nitrogens is 1. The zero-order valence-electron chi connectivity index (χ0n) is 13.6. The van der Waals surface area contributed by atoms with E-state index in [1.54, 1.807) is 48.8 Å². The Morgan fingerprint density at radius 2 is 1.75 bits per heavy atom. The predicted octanol–water partition coefficient (Wildman–Crippen LogP) is 3.26. The Morgan fingerprint density at radius 1 is 1.04 bits per heavy atom. The molecular formula is C18H20N4O2. The third-order valence-electron chi connectivity index (χ3n) is 2.96. The van der Waals surface area contributed by atoms with Gasteiger partial charge < -0.3 is 16.0 Å².